The van der Waals surface area contributed by atoms with E-state index in [1.165, 1.54) is 0 Å². The van der Waals surface area contributed by atoms with E-state index in [1.54, 1.807) is 24.3 Å². The average Bonchev–Trinajstić information content (AvgIpc) is 2.77. The van der Waals surface area contributed by atoms with Crippen molar-refractivity contribution in [2.75, 3.05) is 13.1 Å². The highest BCUT2D eigenvalue weighted by atomic mass is 19.1. The second-order valence-electron chi connectivity index (χ2n) is 5.10. The number of rotatable bonds is 1. The Morgan fingerprint density at radius 2 is 1.69 bits per heavy atom. The van der Waals surface area contributed by atoms with Crippen molar-refractivity contribution in [1.29, 1.82) is 0 Å². The van der Waals surface area contributed by atoms with Gasteiger partial charge in [-0.05, 0) is 55.5 Å². The predicted octanol–water partition coefficient (Wildman–Crippen LogP) is 2.19. The number of alkyl halides is 1. The molecule has 2 fully saturated rings. The summed E-state index contributed by atoms with van der Waals surface area (Å²) in [7, 11) is 0. The van der Waals surface area contributed by atoms with Gasteiger partial charge in [-0.1, -0.05) is 12.1 Å². The minimum atomic E-state index is -1.18. The quantitative estimate of drug-likeness (QED) is 0.762. The number of halogens is 1. The fourth-order valence-electron chi connectivity index (χ4n) is 3.18. The monoisotopic (exact) mass is 221 g/mol. The first-order chi connectivity index (χ1) is 7.67. The van der Waals surface area contributed by atoms with Gasteiger partial charge in [0.2, 0.25) is 0 Å². The molecule has 3 heteroatoms. The Balaban J connectivity index is 1.86. The van der Waals surface area contributed by atoms with E-state index in [-0.39, 0.29) is 5.75 Å². The smallest absolute Gasteiger partial charge is 0.136 e. The van der Waals surface area contributed by atoms with Crippen LogP contribution in [-0.4, -0.2) is 18.2 Å². The van der Waals surface area contributed by atoms with Gasteiger partial charge in [0, 0.05) is 0 Å². The van der Waals surface area contributed by atoms with E-state index in [0.717, 1.165) is 18.7 Å². The lowest BCUT2D eigenvalue weighted by Gasteiger charge is -2.21. The fraction of sp³-hybridized carbons (Fsp3) is 0.538. The molecule has 0 amide bonds. The lowest BCUT2D eigenvalue weighted by Crippen LogP contribution is -2.21. The van der Waals surface area contributed by atoms with Crippen molar-refractivity contribution in [3.8, 4) is 5.75 Å². The Morgan fingerprint density at radius 1 is 1.12 bits per heavy atom. The van der Waals surface area contributed by atoms with Crippen molar-refractivity contribution in [2.45, 2.75) is 18.5 Å². The first-order valence-electron chi connectivity index (χ1n) is 5.86. The maximum absolute atomic E-state index is 14.8. The van der Waals surface area contributed by atoms with E-state index in [9.17, 15) is 9.50 Å². The van der Waals surface area contributed by atoms with Crippen LogP contribution >= 0.6 is 0 Å². The molecular formula is C13H16FNO. The minimum Gasteiger partial charge on any atom is -0.508 e. The summed E-state index contributed by atoms with van der Waals surface area (Å²) in [5.74, 6) is 1.17. The second kappa shape index (κ2) is 3.45. The summed E-state index contributed by atoms with van der Waals surface area (Å²) in [4.78, 5) is 0. The second-order valence-corrected chi connectivity index (χ2v) is 5.10. The van der Waals surface area contributed by atoms with E-state index in [4.69, 9.17) is 0 Å². The molecule has 3 rings (SSSR count). The molecule has 0 bridgehead atoms. The van der Waals surface area contributed by atoms with Crippen molar-refractivity contribution in [2.24, 2.45) is 11.8 Å². The average molecular weight is 221 g/mol. The number of hydrogen-bond donors (Lipinski definition) is 2. The molecule has 2 unspecified atom stereocenters. The normalized spacial score (nSPS) is 37.6. The van der Waals surface area contributed by atoms with E-state index >= 15 is 0 Å². The fourth-order valence-corrected chi connectivity index (χ4v) is 3.18. The molecule has 2 nitrogen and oxygen atoms in total. The van der Waals surface area contributed by atoms with Gasteiger partial charge in [0.15, 0.2) is 0 Å². The number of phenolic OH excluding ortho intramolecular Hbond substituents is 1. The Hall–Kier alpha value is -1.09. The van der Waals surface area contributed by atoms with E-state index in [2.05, 4.69) is 5.32 Å². The van der Waals surface area contributed by atoms with Crippen LogP contribution in [-0.2, 0) is 5.67 Å². The van der Waals surface area contributed by atoms with Crippen molar-refractivity contribution >= 4 is 0 Å². The lowest BCUT2D eigenvalue weighted by atomic mass is 9.92. The zero-order valence-corrected chi connectivity index (χ0v) is 9.12. The third-order valence-electron chi connectivity index (χ3n) is 4.04. The van der Waals surface area contributed by atoms with Crippen molar-refractivity contribution in [3.05, 3.63) is 29.8 Å². The summed E-state index contributed by atoms with van der Waals surface area (Å²) >= 11 is 0. The minimum absolute atomic E-state index is 0.201. The van der Waals surface area contributed by atoms with Crippen LogP contribution in [0.4, 0.5) is 4.39 Å². The van der Waals surface area contributed by atoms with Gasteiger partial charge in [0.25, 0.3) is 0 Å². The number of phenols is 1. The number of aromatic hydroxyl groups is 1. The zero-order chi connectivity index (χ0) is 11.2. The SMILES string of the molecule is Oc1ccc(C2(F)CC3CNCC3C2)cc1. The van der Waals surface area contributed by atoms with Gasteiger partial charge in [-0.25, -0.2) is 4.39 Å². The highest BCUT2D eigenvalue weighted by molar-refractivity contribution is 5.31. The van der Waals surface area contributed by atoms with E-state index in [1.807, 2.05) is 0 Å². The molecule has 1 heterocycles. The summed E-state index contributed by atoms with van der Waals surface area (Å²) in [5.41, 5.74) is -0.454. The molecule has 1 aromatic carbocycles. The molecule has 1 saturated heterocycles. The molecule has 2 N–H and O–H groups in total. The predicted molar refractivity (Wildman–Crippen MR) is 60.0 cm³/mol. The van der Waals surface area contributed by atoms with Crippen molar-refractivity contribution in [3.63, 3.8) is 0 Å². The van der Waals surface area contributed by atoms with Crippen LogP contribution in [0.15, 0.2) is 24.3 Å². The maximum Gasteiger partial charge on any atom is 0.136 e. The van der Waals surface area contributed by atoms with Crippen LogP contribution in [0.25, 0.3) is 0 Å². The molecule has 1 aromatic rings. The number of hydrogen-bond acceptors (Lipinski definition) is 2. The summed E-state index contributed by atoms with van der Waals surface area (Å²) in [6, 6.07) is 6.57. The number of nitrogens with one attached hydrogen (secondary N) is 1. The third kappa shape index (κ3) is 1.50. The van der Waals surface area contributed by atoms with Crippen LogP contribution in [0, 0.1) is 11.8 Å². The van der Waals surface area contributed by atoms with Gasteiger partial charge in [-0.3, -0.25) is 0 Å². The summed E-state index contributed by atoms with van der Waals surface area (Å²) in [5, 5.41) is 12.5. The van der Waals surface area contributed by atoms with Crippen molar-refractivity contribution in [1.82, 2.24) is 5.32 Å². The Kier molecular flexibility index (Phi) is 2.18. The van der Waals surface area contributed by atoms with Gasteiger partial charge < -0.3 is 10.4 Å². The zero-order valence-electron chi connectivity index (χ0n) is 9.12. The number of fused-ring (bicyclic) bond motifs is 1. The Morgan fingerprint density at radius 3 is 2.25 bits per heavy atom. The highest BCUT2D eigenvalue weighted by Crippen LogP contribution is 2.49. The van der Waals surface area contributed by atoms with Crippen LogP contribution in [0.1, 0.15) is 18.4 Å². The first kappa shape index (κ1) is 10.1. The molecular weight excluding hydrogens is 205 g/mol. The molecule has 0 aromatic heterocycles. The molecule has 2 atom stereocenters. The highest BCUT2D eigenvalue weighted by Gasteiger charge is 2.48. The van der Waals surface area contributed by atoms with Gasteiger partial charge >= 0.3 is 0 Å². The molecule has 1 saturated carbocycles. The molecule has 2 aliphatic rings. The molecule has 16 heavy (non-hydrogen) atoms. The molecule has 86 valence electrons. The van der Waals surface area contributed by atoms with Gasteiger partial charge in [0.1, 0.15) is 11.4 Å². The topological polar surface area (TPSA) is 32.3 Å². The van der Waals surface area contributed by atoms with Crippen LogP contribution in [0.2, 0.25) is 0 Å². The van der Waals surface area contributed by atoms with E-state index < -0.39 is 5.67 Å². The summed E-state index contributed by atoms with van der Waals surface area (Å²) in [6.07, 6.45) is 1.24. The molecule has 0 radical (unpaired) electrons. The summed E-state index contributed by atoms with van der Waals surface area (Å²) < 4.78 is 14.8. The third-order valence-corrected chi connectivity index (χ3v) is 4.04. The molecule has 1 aliphatic heterocycles. The van der Waals surface area contributed by atoms with Crippen LogP contribution in [0.3, 0.4) is 0 Å². The van der Waals surface area contributed by atoms with Gasteiger partial charge in [-0.15, -0.1) is 0 Å². The van der Waals surface area contributed by atoms with Crippen LogP contribution in [0.5, 0.6) is 5.75 Å². The maximum atomic E-state index is 14.8. The first-order valence-corrected chi connectivity index (χ1v) is 5.86. The number of benzene rings is 1. The summed E-state index contributed by atoms with van der Waals surface area (Å²) in [6.45, 7) is 1.91. The molecule has 1 aliphatic carbocycles. The Labute approximate surface area is 94.5 Å². The van der Waals surface area contributed by atoms with Gasteiger partial charge in [-0.2, -0.15) is 0 Å². The largest absolute Gasteiger partial charge is 0.508 e. The standard InChI is InChI=1S/C13H16FNO/c14-13(11-1-3-12(16)4-2-11)5-9-7-15-8-10(9)6-13/h1-4,9-10,15-16H,5-8H2. The van der Waals surface area contributed by atoms with Gasteiger partial charge in [0.05, 0.1) is 0 Å². The molecule has 0 spiro atoms. The lowest BCUT2D eigenvalue weighted by molar-refractivity contribution is 0.161. The Bertz CT molecular complexity index is 377. The van der Waals surface area contributed by atoms with Crippen molar-refractivity contribution < 1.29 is 9.50 Å². The van der Waals surface area contributed by atoms with E-state index in [0.29, 0.717) is 24.7 Å². The van der Waals surface area contributed by atoms with Crippen LogP contribution < -0.4 is 5.32 Å².